The Labute approximate surface area is 206 Å². The van der Waals surface area contributed by atoms with E-state index in [0.717, 1.165) is 12.1 Å². The molecule has 2 heterocycles. The molecule has 2 aromatic rings. The van der Waals surface area contributed by atoms with E-state index < -0.39 is 39.2 Å². The Morgan fingerprint density at radius 1 is 0.917 bits per heavy atom. The van der Waals surface area contributed by atoms with Gasteiger partial charge in [-0.25, -0.2) is 17.9 Å². The normalized spacial score (nSPS) is 17.4. The maximum absolute atomic E-state index is 14.2. The molecule has 2 saturated heterocycles. The van der Waals surface area contributed by atoms with Crippen LogP contribution >= 0.6 is 0 Å². The van der Waals surface area contributed by atoms with Crippen LogP contribution in [-0.2, 0) is 27.6 Å². The molecule has 13 heteroatoms. The second-order valence-corrected chi connectivity index (χ2v) is 10.1. The highest BCUT2D eigenvalue weighted by Crippen LogP contribution is 2.33. The summed E-state index contributed by atoms with van der Waals surface area (Å²) >= 11 is 0. The van der Waals surface area contributed by atoms with Crippen LogP contribution in [0.5, 0.6) is 0 Å². The molecule has 0 bridgehead atoms. The van der Waals surface area contributed by atoms with Gasteiger partial charge in [-0.1, -0.05) is 0 Å². The average Bonchev–Trinajstić information content (AvgIpc) is 2.87. The number of halogens is 4. The molecule has 0 radical (unpaired) electrons. The van der Waals surface area contributed by atoms with E-state index in [0.29, 0.717) is 50.8 Å². The monoisotopic (exact) mass is 530 g/mol. The van der Waals surface area contributed by atoms with Gasteiger partial charge in [0.1, 0.15) is 6.67 Å². The van der Waals surface area contributed by atoms with Crippen molar-refractivity contribution in [1.82, 2.24) is 4.90 Å². The summed E-state index contributed by atoms with van der Waals surface area (Å²) in [6.45, 7) is 1.61. The van der Waals surface area contributed by atoms with Crippen LogP contribution in [0.2, 0.25) is 0 Å². The van der Waals surface area contributed by atoms with E-state index in [2.05, 4.69) is 0 Å². The molecule has 0 unspecified atom stereocenters. The molecule has 36 heavy (non-hydrogen) atoms. The van der Waals surface area contributed by atoms with Crippen molar-refractivity contribution in [3.63, 3.8) is 0 Å². The van der Waals surface area contributed by atoms with Gasteiger partial charge < -0.3 is 19.4 Å². The van der Waals surface area contributed by atoms with Crippen molar-refractivity contribution in [2.24, 2.45) is 5.14 Å². The summed E-state index contributed by atoms with van der Waals surface area (Å²) in [7, 11) is -4.28. The molecule has 8 nitrogen and oxygen atoms in total. The predicted molar refractivity (Wildman–Crippen MR) is 125 cm³/mol. The summed E-state index contributed by atoms with van der Waals surface area (Å²) in [5.41, 5.74) is -0.0759. The molecule has 2 aromatic carbocycles. The second kappa shape index (κ2) is 10.2. The summed E-state index contributed by atoms with van der Waals surface area (Å²) in [6, 6.07) is 7.47. The third-order valence-electron chi connectivity index (χ3n) is 6.38. The standard InChI is InChI=1S/C23H26F4N4O4S/c24-15-18-20(36(28,33)34)6-5-19(30-11-13-35-14-12-30)21(18)22(32)31-9-7-29(8-10-31)17-3-1-16(2-4-17)23(25,26)27/h1-6H,7-15H2,(H2,28,33,34). The van der Waals surface area contributed by atoms with Crippen LogP contribution in [0.15, 0.2) is 41.3 Å². The van der Waals surface area contributed by atoms with Gasteiger partial charge in [-0.3, -0.25) is 4.79 Å². The molecule has 1 amide bonds. The van der Waals surface area contributed by atoms with Crippen LogP contribution in [-0.4, -0.2) is 71.7 Å². The predicted octanol–water partition coefficient (Wildman–Crippen LogP) is 2.62. The zero-order valence-electron chi connectivity index (χ0n) is 19.3. The Kier molecular flexibility index (Phi) is 7.43. The zero-order valence-corrected chi connectivity index (χ0v) is 20.1. The van der Waals surface area contributed by atoms with Crippen LogP contribution in [0.3, 0.4) is 0 Å². The number of hydrogen-bond acceptors (Lipinski definition) is 6. The van der Waals surface area contributed by atoms with Crippen molar-refractivity contribution >= 4 is 27.3 Å². The van der Waals surface area contributed by atoms with Gasteiger partial charge in [0, 0.05) is 50.5 Å². The highest BCUT2D eigenvalue weighted by Gasteiger charge is 2.33. The Bertz CT molecular complexity index is 1210. The molecule has 0 aliphatic carbocycles. The van der Waals surface area contributed by atoms with Crippen LogP contribution < -0.4 is 14.9 Å². The summed E-state index contributed by atoms with van der Waals surface area (Å²) in [6.07, 6.45) is -4.43. The van der Waals surface area contributed by atoms with Crippen molar-refractivity contribution < 1.29 is 35.5 Å². The molecular formula is C23H26F4N4O4S. The minimum atomic E-state index is -4.43. The fraction of sp³-hybridized carbons (Fsp3) is 0.435. The molecule has 4 rings (SSSR count). The maximum atomic E-state index is 14.2. The molecule has 0 saturated carbocycles. The molecule has 2 fully saturated rings. The van der Waals surface area contributed by atoms with E-state index in [4.69, 9.17) is 9.88 Å². The number of morpholine rings is 1. The topological polar surface area (TPSA) is 96.2 Å². The molecule has 2 aliphatic heterocycles. The number of nitrogens with zero attached hydrogens (tertiary/aromatic N) is 3. The minimum Gasteiger partial charge on any atom is -0.378 e. The van der Waals surface area contributed by atoms with E-state index in [-0.39, 0.29) is 24.2 Å². The van der Waals surface area contributed by atoms with Crippen LogP contribution in [0.4, 0.5) is 28.9 Å². The summed E-state index contributed by atoms with van der Waals surface area (Å²) in [5.74, 6) is -0.526. The lowest BCUT2D eigenvalue weighted by Crippen LogP contribution is -2.49. The Morgan fingerprint density at radius 3 is 2.06 bits per heavy atom. The molecule has 0 spiro atoms. The van der Waals surface area contributed by atoms with E-state index in [1.807, 2.05) is 9.80 Å². The third kappa shape index (κ3) is 5.42. The largest absolute Gasteiger partial charge is 0.416 e. The van der Waals surface area contributed by atoms with Crippen LogP contribution in [0.25, 0.3) is 0 Å². The molecule has 196 valence electrons. The SMILES string of the molecule is NS(=O)(=O)c1ccc(N2CCOCC2)c(C(=O)N2CCN(c3ccc(C(F)(F)F)cc3)CC2)c1CF. The zero-order chi connectivity index (χ0) is 26.1. The van der Waals surface area contributed by atoms with E-state index in [9.17, 15) is 30.8 Å². The summed E-state index contributed by atoms with van der Waals surface area (Å²) in [4.78, 5) is 18.4. The van der Waals surface area contributed by atoms with Gasteiger partial charge in [0.15, 0.2) is 0 Å². The molecule has 2 aliphatic rings. The van der Waals surface area contributed by atoms with Crippen molar-refractivity contribution in [3.05, 3.63) is 53.1 Å². The number of rotatable bonds is 5. The van der Waals surface area contributed by atoms with Crippen molar-refractivity contribution in [2.75, 3.05) is 62.3 Å². The fourth-order valence-electron chi connectivity index (χ4n) is 4.51. The van der Waals surface area contributed by atoms with Crippen molar-refractivity contribution in [1.29, 1.82) is 0 Å². The first kappa shape index (κ1) is 26.2. The van der Waals surface area contributed by atoms with Gasteiger partial charge in [0.05, 0.1) is 34.9 Å². The highest BCUT2D eigenvalue weighted by atomic mass is 32.2. The number of amides is 1. The maximum Gasteiger partial charge on any atom is 0.416 e. The lowest BCUT2D eigenvalue weighted by atomic mass is 10.0. The minimum absolute atomic E-state index is 0.0473. The molecule has 2 N–H and O–H groups in total. The number of anilines is 2. The highest BCUT2D eigenvalue weighted by molar-refractivity contribution is 7.89. The first-order valence-electron chi connectivity index (χ1n) is 11.3. The third-order valence-corrected chi connectivity index (χ3v) is 7.38. The van der Waals surface area contributed by atoms with Crippen LogP contribution in [0.1, 0.15) is 21.5 Å². The number of carbonyl (C=O) groups is 1. The first-order valence-corrected chi connectivity index (χ1v) is 12.8. The second-order valence-electron chi connectivity index (χ2n) is 8.54. The molecular weight excluding hydrogens is 504 g/mol. The number of primary sulfonamides is 1. The van der Waals surface area contributed by atoms with E-state index >= 15 is 0 Å². The number of sulfonamides is 1. The van der Waals surface area contributed by atoms with Crippen molar-refractivity contribution in [2.45, 2.75) is 17.7 Å². The van der Waals surface area contributed by atoms with Gasteiger partial charge in [-0.05, 0) is 36.4 Å². The Hall–Kier alpha value is -2.90. The van der Waals surface area contributed by atoms with Crippen LogP contribution in [0, 0.1) is 0 Å². The summed E-state index contributed by atoms with van der Waals surface area (Å²) in [5, 5.41) is 5.30. The average molecular weight is 531 g/mol. The number of piperazine rings is 1. The fourth-order valence-corrected chi connectivity index (χ4v) is 5.27. The van der Waals surface area contributed by atoms with Gasteiger partial charge in [-0.2, -0.15) is 13.2 Å². The number of benzene rings is 2. The number of alkyl halides is 4. The first-order chi connectivity index (χ1) is 17.0. The molecule has 0 atom stereocenters. The number of nitrogens with two attached hydrogens (primary N) is 1. The number of hydrogen-bond donors (Lipinski definition) is 1. The lowest BCUT2D eigenvalue weighted by Gasteiger charge is -2.38. The lowest BCUT2D eigenvalue weighted by molar-refractivity contribution is -0.137. The van der Waals surface area contributed by atoms with E-state index in [1.165, 1.54) is 29.2 Å². The van der Waals surface area contributed by atoms with Crippen molar-refractivity contribution in [3.8, 4) is 0 Å². The Morgan fingerprint density at radius 2 is 1.53 bits per heavy atom. The van der Waals surface area contributed by atoms with Gasteiger partial charge in [0.2, 0.25) is 10.0 Å². The smallest absolute Gasteiger partial charge is 0.378 e. The van der Waals surface area contributed by atoms with Gasteiger partial charge >= 0.3 is 6.18 Å². The number of carbonyl (C=O) groups excluding carboxylic acids is 1. The Balaban J connectivity index is 1.59. The quantitative estimate of drug-likeness (QED) is 0.598. The van der Waals surface area contributed by atoms with Gasteiger partial charge in [-0.15, -0.1) is 0 Å². The molecule has 0 aromatic heterocycles. The van der Waals surface area contributed by atoms with E-state index in [1.54, 1.807) is 0 Å². The number of ether oxygens (including phenoxy) is 1. The van der Waals surface area contributed by atoms with Gasteiger partial charge in [0.25, 0.3) is 5.91 Å². The summed E-state index contributed by atoms with van der Waals surface area (Å²) < 4.78 is 82.4.